The second-order valence-corrected chi connectivity index (χ2v) is 10.4. The molecular weight excluding hydrogens is 478 g/mol. The van der Waals surface area contributed by atoms with Gasteiger partial charge in [-0.3, -0.25) is 14.5 Å². The maximum Gasteiger partial charge on any atom is 0.300 e. The summed E-state index contributed by atoms with van der Waals surface area (Å²) in [6.45, 7) is 10.7. The molecule has 0 bridgehead atoms. The van der Waals surface area contributed by atoms with E-state index in [-0.39, 0.29) is 17.3 Å². The van der Waals surface area contributed by atoms with E-state index in [4.69, 9.17) is 9.47 Å². The average molecular weight is 514 g/mol. The molecular formula is C32H35NO5. The maximum atomic E-state index is 13.5. The summed E-state index contributed by atoms with van der Waals surface area (Å²) in [6.07, 6.45) is 0. The van der Waals surface area contributed by atoms with Gasteiger partial charge in [0.05, 0.1) is 25.3 Å². The predicted molar refractivity (Wildman–Crippen MR) is 150 cm³/mol. The highest BCUT2D eigenvalue weighted by Gasteiger charge is 2.47. The summed E-state index contributed by atoms with van der Waals surface area (Å²) in [5, 5.41) is 11.6. The number of aryl methyl sites for hydroxylation is 1. The van der Waals surface area contributed by atoms with Crippen molar-refractivity contribution in [2.24, 2.45) is 5.92 Å². The standard InChI is InChI=1S/C32H35NO5/c1-19(2)18-38-25-9-7-8-22(16-25)29-28(30(34)23-12-15-27(37-6)26(17-23)20(3)4)31(35)32(36)33(29)24-13-10-21(5)11-14-24/h7-17,19-20,29,34H,18H2,1-6H3/b30-28+. The van der Waals surface area contributed by atoms with Gasteiger partial charge in [0.2, 0.25) is 0 Å². The molecule has 0 spiro atoms. The molecule has 1 N–H and O–H groups in total. The monoisotopic (exact) mass is 513 g/mol. The van der Waals surface area contributed by atoms with Crippen LogP contribution >= 0.6 is 0 Å². The summed E-state index contributed by atoms with van der Waals surface area (Å²) in [4.78, 5) is 28.5. The minimum Gasteiger partial charge on any atom is -0.507 e. The molecule has 1 fully saturated rings. The summed E-state index contributed by atoms with van der Waals surface area (Å²) in [5.41, 5.74) is 3.67. The Labute approximate surface area is 224 Å². The van der Waals surface area contributed by atoms with Crippen molar-refractivity contribution in [3.8, 4) is 11.5 Å². The Morgan fingerprint density at radius 2 is 1.68 bits per heavy atom. The number of aliphatic hydroxyl groups excluding tert-OH is 1. The number of carbonyl (C=O) groups excluding carboxylic acids is 2. The van der Waals surface area contributed by atoms with Gasteiger partial charge in [-0.05, 0) is 72.4 Å². The number of aliphatic hydroxyl groups is 1. The molecule has 3 aromatic carbocycles. The van der Waals surface area contributed by atoms with Crippen molar-refractivity contribution in [3.63, 3.8) is 0 Å². The third-order valence-electron chi connectivity index (χ3n) is 6.64. The van der Waals surface area contributed by atoms with Crippen molar-refractivity contribution in [2.75, 3.05) is 18.6 Å². The average Bonchev–Trinajstić information content (AvgIpc) is 3.17. The minimum absolute atomic E-state index is 0.0384. The molecule has 0 aromatic heterocycles. The number of hydrogen-bond acceptors (Lipinski definition) is 5. The van der Waals surface area contributed by atoms with Gasteiger partial charge in [-0.1, -0.05) is 57.5 Å². The normalized spacial score (nSPS) is 16.9. The van der Waals surface area contributed by atoms with Crippen molar-refractivity contribution in [3.05, 3.63) is 94.6 Å². The van der Waals surface area contributed by atoms with Gasteiger partial charge in [0.1, 0.15) is 17.3 Å². The van der Waals surface area contributed by atoms with Gasteiger partial charge in [-0.2, -0.15) is 0 Å². The van der Waals surface area contributed by atoms with E-state index in [0.29, 0.717) is 40.8 Å². The topological polar surface area (TPSA) is 76.1 Å². The molecule has 1 aliphatic heterocycles. The summed E-state index contributed by atoms with van der Waals surface area (Å²) in [6, 6.07) is 19.3. The number of methoxy groups -OCH3 is 1. The zero-order valence-corrected chi connectivity index (χ0v) is 22.8. The van der Waals surface area contributed by atoms with E-state index in [0.717, 1.165) is 11.1 Å². The lowest BCUT2D eigenvalue weighted by Crippen LogP contribution is -2.29. The molecule has 6 nitrogen and oxygen atoms in total. The summed E-state index contributed by atoms with van der Waals surface area (Å²) < 4.78 is 11.4. The van der Waals surface area contributed by atoms with Crippen LogP contribution in [-0.2, 0) is 9.59 Å². The first kappa shape index (κ1) is 27.0. The van der Waals surface area contributed by atoms with E-state index in [1.165, 1.54) is 4.90 Å². The Kier molecular flexibility index (Phi) is 7.91. The second-order valence-electron chi connectivity index (χ2n) is 10.4. The molecule has 1 heterocycles. The highest BCUT2D eigenvalue weighted by molar-refractivity contribution is 6.51. The van der Waals surface area contributed by atoms with Crippen LogP contribution in [0.1, 0.15) is 61.9 Å². The first-order valence-corrected chi connectivity index (χ1v) is 12.9. The molecule has 1 atom stereocenters. The van der Waals surface area contributed by atoms with Crippen LogP contribution in [0.3, 0.4) is 0 Å². The Balaban J connectivity index is 1.91. The molecule has 38 heavy (non-hydrogen) atoms. The number of benzene rings is 3. The molecule has 4 rings (SSSR count). The van der Waals surface area contributed by atoms with Crippen LogP contribution in [0, 0.1) is 12.8 Å². The van der Waals surface area contributed by atoms with Crippen LogP contribution in [0.15, 0.2) is 72.3 Å². The van der Waals surface area contributed by atoms with Crippen LogP contribution in [0.25, 0.3) is 5.76 Å². The number of Topliss-reactive ketones (excluding diaryl/α,β-unsaturated/α-hetero) is 1. The van der Waals surface area contributed by atoms with Gasteiger partial charge >= 0.3 is 0 Å². The Morgan fingerprint density at radius 1 is 0.974 bits per heavy atom. The fourth-order valence-electron chi connectivity index (χ4n) is 4.65. The Bertz CT molecular complexity index is 1370. The van der Waals surface area contributed by atoms with E-state index < -0.39 is 17.7 Å². The predicted octanol–water partition coefficient (Wildman–Crippen LogP) is 6.79. The van der Waals surface area contributed by atoms with Crippen molar-refractivity contribution >= 4 is 23.1 Å². The minimum atomic E-state index is -0.829. The third kappa shape index (κ3) is 5.30. The molecule has 0 aliphatic carbocycles. The van der Waals surface area contributed by atoms with Crippen molar-refractivity contribution in [1.29, 1.82) is 0 Å². The smallest absolute Gasteiger partial charge is 0.300 e. The zero-order chi connectivity index (χ0) is 27.6. The quantitative estimate of drug-likeness (QED) is 0.204. The zero-order valence-electron chi connectivity index (χ0n) is 22.8. The molecule has 1 aliphatic rings. The van der Waals surface area contributed by atoms with E-state index in [2.05, 4.69) is 13.8 Å². The van der Waals surface area contributed by atoms with E-state index in [1.54, 1.807) is 19.2 Å². The van der Waals surface area contributed by atoms with Gasteiger partial charge in [-0.25, -0.2) is 0 Å². The van der Waals surface area contributed by atoms with Crippen LogP contribution < -0.4 is 14.4 Å². The molecule has 6 heteroatoms. The highest BCUT2D eigenvalue weighted by Crippen LogP contribution is 2.43. The maximum absolute atomic E-state index is 13.5. The summed E-state index contributed by atoms with van der Waals surface area (Å²) in [7, 11) is 1.60. The lowest BCUT2D eigenvalue weighted by atomic mass is 9.93. The fraction of sp³-hybridized carbons (Fsp3) is 0.312. The van der Waals surface area contributed by atoms with E-state index in [1.807, 2.05) is 75.4 Å². The van der Waals surface area contributed by atoms with E-state index >= 15 is 0 Å². The van der Waals surface area contributed by atoms with Gasteiger partial charge in [-0.15, -0.1) is 0 Å². The summed E-state index contributed by atoms with van der Waals surface area (Å²) in [5.74, 6) is 0.150. The number of ketones is 1. The lowest BCUT2D eigenvalue weighted by Gasteiger charge is -2.26. The molecule has 1 saturated heterocycles. The summed E-state index contributed by atoms with van der Waals surface area (Å²) >= 11 is 0. The van der Waals surface area contributed by atoms with Crippen molar-refractivity contribution in [2.45, 2.75) is 46.6 Å². The van der Waals surface area contributed by atoms with Gasteiger partial charge in [0.15, 0.2) is 0 Å². The third-order valence-corrected chi connectivity index (χ3v) is 6.64. The number of anilines is 1. The molecule has 1 unspecified atom stereocenters. The van der Waals surface area contributed by atoms with E-state index in [9.17, 15) is 14.7 Å². The SMILES string of the molecule is COc1ccc(/C(O)=C2\C(=O)C(=O)N(c3ccc(C)cc3)C2c2cccc(OCC(C)C)c2)cc1C(C)C. The fourth-order valence-corrected chi connectivity index (χ4v) is 4.65. The number of nitrogens with zero attached hydrogens (tertiary/aromatic N) is 1. The molecule has 0 radical (unpaired) electrons. The number of ether oxygens (including phenoxy) is 2. The second kappa shape index (κ2) is 11.1. The van der Waals surface area contributed by atoms with Crippen molar-refractivity contribution in [1.82, 2.24) is 0 Å². The number of rotatable bonds is 8. The van der Waals surface area contributed by atoms with Gasteiger partial charge in [0, 0.05) is 11.3 Å². The molecule has 198 valence electrons. The number of amides is 1. The first-order chi connectivity index (χ1) is 18.1. The van der Waals surface area contributed by atoms with Crippen molar-refractivity contribution < 1.29 is 24.2 Å². The largest absolute Gasteiger partial charge is 0.507 e. The van der Waals surface area contributed by atoms with Crippen LogP contribution in [0.2, 0.25) is 0 Å². The Morgan fingerprint density at radius 3 is 2.32 bits per heavy atom. The molecule has 1 amide bonds. The highest BCUT2D eigenvalue weighted by atomic mass is 16.5. The van der Waals surface area contributed by atoms with Gasteiger partial charge in [0.25, 0.3) is 11.7 Å². The molecule has 3 aromatic rings. The van der Waals surface area contributed by atoms with Gasteiger partial charge < -0.3 is 14.6 Å². The van der Waals surface area contributed by atoms with Crippen LogP contribution in [0.5, 0.6) is 11.5 Å². The van der Waals surface area contributed by atoms with Crippen LogP contribution in [0.4, 0.5) is 5.69 Å². The van der Waals surface area contributed by atoms with Crippen LogP contribution in [-0.4, -0.2) is 30.5 Å². The number of hydrogen-bond donors (Lipinski definition) is 1. The first-order valence-electron chi connectivity index (χ1n) is 12.9. The number of carbonyl (C=O) groups is 2. The Hall–Kier alpha value is -4.06. The molecule has 0 saturated carbocycles. The lowest BCUT2D eigenvalue weighted by molar-refractivity contribution is -0.132.